The number of rotatable bonds is 2. The van der Waals surface area contributed by atoms with Crippen LogP contribution in [0.3, 0.4) is 0 Å². The van der Waals surface area contributed by atoms with Crippen LogP contribution in [0.1, 0.15) is 28.5 Å². The smallest absolute Gasteiger partial charge is 0.340 e. The van der Waals surface area contributed by atoms with Crippen LogP contribution in [0.5, 0.6) is 0 Å². The van der Waals surface area contributed by atoms with Crippen LogP contribution in [0.15, 0.2) is 24.4 Å². The summed E-state index contributed by atoms with van der Waals surface area (Å²) in [6.07, 6.45) is 10.4. The minimum atomic E-state index is -0.262. The van der Waals surface area contributed by atoms with E-state index in [0.717, 1.165) is 17.7 Å². The zero-order chi connectivity index (χ0) is 10.7. The molecule has 78 valence electrons. The van der Waals surface area contributed by atoms with Crippen LogP contribution in [-0.4, -0.2) is 17.6 Å². The Kier molecular flexibility index (Phi) is 2.72. The average Bonchev–Trinajstić information content (AvgIpc) is 2.48. The van der Waals surface area contributed by atoms with Gasteiger partial charge in [0.25, 0.3) is 0 Å². The number of carbonyl (C=O) groups is 1. The molecule has 1 aliphatic rings. The summed E-state index contributed by atoms with van der Waals surface area (Å²) in [4.78, 5) is 14.7. The molecule has 1 aromatic rings. The first-order valence-corrected chi connectivity index (χ1v) is 5.03. The summed E-state index contributed by atoms with van der Waals surface area (Å²) in [6, 6.07) is 0. The third-order valence-electron chi connectivity index (χ3n) is 2.33. The zero-order valence-corrected chi connectivity index (χ0v) is 8.62. The van der Waals surface area contributed by atoms with Crippen LogP contribution in [0.25, 0.3) is 6.08 Å². The van der Waals surface area contributed by atoms with Crippen molar-refractivity contribution in [2.75, 3.05) is 6.61 Å². The van der Waals surface area contributed by atoms with Gasteiger partial charge in [-0.1, -0.05) is 24.3 Å². The molecule has 0 fully saturated rings. The summed E-state index contributed by atoms with van der Waals surface area (Å²) in [5.41, 5.74) is 2.62. The topological polar surface area (TPSA) is 42.1 Å². The molecule has 1 aromatic heterocycles. The molecule has 0 saturated heterocycles. The van der Waals surface area contributed by atoms with E-state index in [1.807, 2.05) is 24.3 Å². The highest BCUT2D eigenvalue weighted by Gasteiger charge is 2.16. The van der Waals surface area contributed by atoms with Crippen molar-refractivity contribution in [1.82, 2.24) is 4.98 Å². The van der Waals surface area contributed by atoms with Gasteiger partial charge in [0.2, 0.25) is 0 Å². The van der Waals surface area contributed by atoms with Gasteiger partial charge in [-0.05, 0) is 6.92 Å². The van der Waals surface area contributed by atoms with Crippen LogP contribution in [0, 0.1) is 0 Å². The Labute approximate surface area is 88.5 Å². The van der Waals surface area contributed by atoms with Gasteiger partial charge in [-0.15, -0.1) is 0 Å². The number of aromatic nitrogens is 1. The van der Waals surface area contributed by atoms with Gasteiger partial charge in [-0.3, -0.25) is 0 Å². The van der Waals surface area contributed by atoms with Crippen molar-refractivity contribution in [2.24, 2.45) is 0 Å². The van der Waals surface area contributed by atoms with Crippen LogP contribution < -0.4 is 0 Å². The van der Waals surface area contributed by atoms with Gasteiger partial charge in [0.15, 0.2) is 0 Å². The highest BCUT2D eigenvalue weighted by molar-refractivity contribution is 5.94. The van der Waals surface area contributed by atoms with E-state index in [9.17, 15) is 4.79 Å². The van der Waals surface area contributed by atoms with E-state index in [4.69, 9.17) is 4.74 Å². The molecule has 0 unspecified atom stereocenters. The number of allylic oxidation sites excluding steroid dienone is 3. The van der Waals surface area contributed by atoms with Crippen molar-refractivity contribution in [1.29, 1.82) is 0 Å². The van der Waals surface area contributed by atoms with Crippen molar-refractivity contribution >= 4 is 12.0 Å². The third-order valence-corrected chi connectivity index (χ3v) is 2.33. The predicted molar refractivity (Wildman–Crippen MR) is 58.6 cm³/mol. The molecular weight excluding hydrogens is 190 g/mol. The highest BCUT2D eigenvalue weighted by Crippen LogP contribution is 2.20. The van der Waals surface area contributed by atoms with Crippen LogP contribution in [-0.2, 0) is 11.2 Å². The van der Waals surface area contributed by atoms with Gasteiger partial charge in [0.05, 0.1) is 12.2 Å². The molecule has 15 heavy (non-hydrogen) atoms. The SMILES string of the molecule is CCOC(=O)c1c[nH]c2c1C=CC=CC2. The number of hydrogen-bond donors (Lipinski definition) is 1. The Hall–Kier alpha value is -1.77. The maximum absolute atomic E-state index is 11.6. The number of fused-ring (bicyclic) bond motifs is 1. The van der Waals surface area contributed by atoms with Crippen LogP contribution in [0.4, 0.5) is 0 Å². The van der Waals surface area contributed by atoms with Gasteiger partial charge in [0.1, 0.15) is 0 Å². The maximum atomic E-state index is 11.6. The van der Waals surface area contributed by atoms with Crippen LogP contribution in [0.2, 0.25) is 0 Å². The first-order valence-electron chi connectivity index (χ1n) is 5.03. The van der Waals surface area contributed by atoms with E-state index in [1.165, 1.54) is 0 Å². The number of hydrogen-bond acceptors (Lipinski definition) is 2. The largest absolute Gasteiger partial charge is 0.462 e. The molecule has 3 nitrogen and oxygen atoms in total. The quantitative estimate of drug-likeness (QED) is 0.749. The van der Waals surface area contributed by atoms with E-state index in [0.29, 0.717) is 12.2 Å². The molecule has 1 aliphatic carbocycles. The number of esters is 1. The summed E-state index contributed by atoms with van der Waals surface area (Å²) in [7, 11) is 0. The zero-order valence-electron chi connectivity index (χ0n) is 8.62. The molecule has 0 saturated carbocycles. The fourth-order valence-electron chi connectivity index (χ4n) is 1.63. The lowest BCUT2D eigenvalue weighted by Gasteiger charge is -2.01. The van der Waals surface area contributed by atoms with E-state index in [1.54, 1.807) is 13.1 Å². The summed E-state index contributed by atoms with van der Waals surface area (Å²) >= 11 is 0. The van der Waals surface area contributed by atoms with E-state index >= 15 is 0 Å². The normalized spacial score (nSPS) is 13.4. The second kappa shape index (κ2) is 4.17. The lowest BCUT2D eigenvalue weighted by molar-refractivity contribution is 0.0526. The number of aromatic amines is 1. The fourth-order valence-corrected chi connectivity index (χ4v) is 1.63. The number of H-pyrrole nitrogens is 1. The van der Waals surface area contributed by atoms with Gasteiger partial charge in [-0.25, -0.2) is 4.79 Å². The Morgan fingerprint density at radius 1 is 1.53 bits per heavy atom. The first kappa shape index (κ1) is 9.77. The lowest BCUT2D eigenvalue weighted by Crippen LogP contribution is -2.04. The van der Waals surface area contributed by atoms with Crippen molar-refractivity contribution in [2.45, 2.75) is 13.3 Å². The highest BCUT2D eigenvalue weighted by atomic mass is 16.5. The summed E-state index contributed by atoms with van der Waals surface area (Å²) < 4.78 is 4.98. The summed E-state index contributed by atoms with van der Waals surface area (Å²) in [6.45, 7) is 2.21. The summed E-state index contributed by atoms with van der Waals surface area (Å²) in [5.74, 6) is -0.262. The molecule has 2 rings (SSSR count). The molecule has 0 bridgehead atoms. The second-order valence-electron chi connectivity index (χ2n) is 3.31. The van der Waals surface area contributed by atoms with Gasteiger partial charge < -0.3 is 9.72 Å². The molecule has 0 radical (unpaired) electrons. The molecule has 0 atom stereocenters. The minimum Gasteiger partial charge on any atom is -0.462 e. The Balaban J connectivity index is 2.35. The van der Waals surface area contributed by atoms with E-state index < -0.39 is 0 Å². The second-order valence-corrected chi connectivity index (χ2v) is 3.31. The molecule has 3 heteroatoms. The van der Waals surface area contributed by atoms with Crippen molar-refractivity contribution in [3.05, 3.63) is 41.2 Å². The van der Waals surface area contributed by atoms with Gasteiger partial charge in [0, 0.05) is 23.9 Å². The van der Waals surface area contributed by atoms with Crippen molar-refractivity contribution in [3.63, 3.8) is 0 Å². The molecule has 0 aliphatic heterocycles. The third kappa shape index (κ3) is 1.86. The Morgan fingerprint density at radius 3 is 3.20 bits per heavy atom. The summed E-state index contributed by atoms with van der Waals surface area (Å²) in [5, 5.41) is 0. The standard InChI is InChI=1S/C12H13NO2/c1-2-15-12(14)10-8-13-11-7-5-3-4-6-9(10)11/h3-6,8,13H,2,7H2,1H3. The Morgan fingerprint density at radius 2 is 2.40 bits per heavy atom. The molecular formula is C12H13NO2. The molecule has 0 aromatic carbocycles. The molecule has 1 heterocycles. The van der Waals surface area contributed by atoms with E-state index in [-0.39, 0.29) is 5.97 Å². The van der Waals surface area contributed by atoms with Crippen molar-refractivity contribution in [3.8, 4) is 0 Å². The van der Waals surface area contributed by atoms with Crippen molar-refractivity contribution < 1.29 is 9.53 Å². The lowest BCUT2D eigenvalue weighted by atomic mass is 10.1. The maximum Gasteiger partial charge on any atom is 0.340 e. The first-order chi connectivity index (χ1) is 7.33. The average molecular weight is 203 g/mol. The number of ether oxygens (including phenoxy) is 1. The van der Waals surface area contributed by atoms with E-state index in [2.05, 4.69) is 4.98 Å². The van der Waals surface area contributed by atoms with Gasteiger partial charge >= 0.3 is 5.97 Å². The minimum absolute atomic E-state index is 0.262. The Bertz CT molecular complexity index is 427. The van der Waals surface area contributed by atoms with Gasteiger partial charge in [-0.2, -0.15) is 0 Å². The molecule has 1 N–H and O–H groups in total. The molecule has 0 spiro atoms. The number of nitrogens with one attached hydrogen (secondary N) is 1. The fraction of sp³-hybridized carbons (Fsp3) is 0.250. The number of carbonyl (C=O) groups excluding carboxylic acids is 1. The predicted octanol–water partition coefficient (Wildman–Crippen LogP) is 2.32. The monoisotopic (exact) mass is 203 g/mol. The van der Waals surface area contributed by atoms with Crippen LogP contribution >= 0.6 is 0 Å². The molecule has 0 amide bonds.